The lowest BCUT2D eigenvalue weighted by Gasteiger charge is -2.26. The fraction of sp³-hybridized carbons (Fsp3) is 0.636. The standard InChI is InChI=1S/C22H36N4O.HI/c1-17(2)8-9-18(3)25-22(23-4)24-16-19-10-12-20(13-11-19)21(27)26-14-6-5-7-15-26;/h10-13,17-18H,5-9,14-16H2,1-4H3,(H2,23,24,25);1H. The number of carbonyl (C=O) groups is 1. The van der Waals surface area contributed by atoms with Crippen molar-refractivity contribution in [3.05, 3.63) is 35.4 Å². The van der Waals surface area contributed by atoms with Gasteiger partial charge in [0.15, 0.2) is 5.96 Å². The van der Waals surface area contributed by atoms with Gasteiger partial charge in [0, 0.05) is 38.3 Å². The van der Waals surface area contributed by atoms with E-state index < -0.39 is 0 Å². The third-order valence-corrected chi connectivity index (χ3v) is 5.09. The minimum Gasteiger partial charge on any atom is -0.354 e. The second-order valence-corrected chi connectivity index (χ2v) is 7.99. The van der Waals surface area contributed by atoms with Crippen LogP contribution >= 0.6 is 24.0 Å². The van der Waals surface area contributed by atoms with Gasteiger partial charge < -0.3 is 15.5 Å². The van der Waals surface area contributed by atoms with Crippen molar-refractivity contribution in [1.82, 2.24) is 15.5 Å². The van der Waals surface area contributed by atoms with Crippen LogP contribution < -0.4 is 10.6 Å². The Bertz CT molecular complexity index is 609. The van der Waals surface area contributed by atoms with E-state index >= 15 is 0 Å². The molecule has 1 aromatic carbocycles. The maximum atomic E-state index is 12.5. The molecule has 0 spiro atoms. The highest BCUT2D eigenvalue weighted by atomic mass is 127. The molecule has 5 nitrogen and oxygen atoms in total. The molecule has 1 aromatic rings. The Balaban J connectivity index is 0.00000392. The zero-order valence-corrected chi connectivity index (χ0v) is 20.2. The van der Waals surface area contributed by atoms with E-state index in [9.17, 15) is 4.79 Å². The van der Waals surface area contributed by atoms with Crippen LogP contribution in [0.5, 0.6) is 0 Å². The van der Waals surface area contributed by atoms with Crippen molar-refractivity contribution in [2.75, 3.05) is 20.1 Å². The van der Waals surface area contributed by atoms with Crippen molar-refractivity contribution in [3.63, 3.8) is 0 Å². The summed E-state index contributed by atoms with van der Waals surface area (Å²) >= 11 is 0. The number of amides is 1. The molecule has 1 saturated heterocycles. The maximum absolute atomic E-state index is 12.5. The third kappa shape index (κ3) is 8.37. The zero-order valence-electron chi connectivity index (χ0n) is 17.8. The van der Waals surface area contributed by atoms with Gasteiger partial charge in [-0.1, -0.05) is 26.0 Å². The van der Waals surface area contributed by atoms with Gasteiger partial charge in [0.25, 0.3) is 5.91 Å². The maximum Gasteiger partial charge on any atom is 0.253 e. The Morgan fingerprint density at radius 3 is 2.29 bits per heavy atom. The van der Waals surface area contributed by atoms with Crippen LogP contribution in [0.3, 0.4) is 0 Å². The van der Waals surface area contributed by atoms with Crippen LogP contribution in [0.1, 0.15) is 68.8 Å². The first-order valence-corrected chi connectivity index (χ1v) is 10.3. The Hall–Kier alpha value is -1.31. The highest BCUT2D eigenvalue weighted by molar-refractivity contribution is 14.0. The molecule has 1 aliphatic rings. The summed E-state index contributed by atoms with van der Waals surface area (Å²) in [5.74, 6) is 1.70. The molecule has 0 saturated carbocycles. The number of carbonyl (C=O) groups excluding carboxylic acids is 1. The molecule has 2 N–H and O–H groups in total. The van der Waals surface area contributed by atoms with Crippen LogP contribution in [-0.4, -0.2) is 42.9 Å². The van der Waals surface area contributed by atoms with E-state index in [-0.39, 0.29) is 29.9 Å². The predicted molar refractivity (Wildman–Crippen MR) is 128 cm³/mol. The van der Waals surface area contributed by atoms with Crippen molar-refractivity contribution in [1.29, 1.82) is 0 Å². The van der Waals surface area contributed by atoms with Crippen LogP contribution in [0.4, 0.5) is 0 Å². The van der Waals surface area contributed by atoms with E-state index in [1.807, 2.05) is 29.2 Å². The molecule has 1 aliphatic heterocycles. The lowest BCUT2D eigenvalue weighted by molar-refractivity contribution is 0.0724. The first-order chi connectivity index (χ1) is 13.0. The topological polar surface area (TPSA) is 56.7 Å². The number of hydrogen-bond acceptors (Lipinski definition) is 2. The molecule has 28 heavy (non-hydrogen) atoms. The molecular formula is C22H37IN4O. The van der Waals surface area contributed by atoms with E-state index in [1.165, 1.54) is 12.8 Å². The normalized spacial score (nSPS) is 15.8. The lowest BCUT2D eigenvalue weighted by Crippen LogP contribution is -2.41. The van der Waals surface area contributed by atoms with Gasteiger partial charge in [-0.15, -0.1) is 24.0 Å². The minimum atomic E-state index is 0. The number of nitrogens with zero attached hydrogens (tertiary/aromatic N) is 2. The molecule has 1 atom stereocenters. The molecule has 0 aliphatic carbocycles. The van der Waals surface area contributed by atoms with E-state index in [0.29, 0.717) is 12.6 Å². The van der Waals surface area contributed by atoms with Crippen molar-refractivity contribution in [3.8, 4) is 0 Å². The van der Waals surface area contributed by atoms with Crippen LogP contribution in [0.25, 0.3) is 0 Å². The van der Waals surface area contributed by atoms with Crippen LogP contribution in [0.2, 0.25) is 0 Å². The number of guanidine groups is 1. The zero-order chi connectivity index (χ0) is 19.6. The van der Waals surface area contributed by atoms with Gasteiger partial charge in [0.2, 0.25) is 0 Å². The number of aliphatic imine (C=N–C) groups is 1. The number of piperidine rings is 1. The number of hydrogen-bond donors (Lipinski definition) is 2. The summed E-state index contributed by atoms with van der Waals surface area (Å²) in [5, 5.41) is 6.80. The van der Waals surface area contributed by atoms with E-state index in [1.54, 1.807) is 7.05 Å². The molecule has 1 amide bonds. The second kappa shape index (κ2) is 13.0. The van der Waals surface area contributed by atoms with Gasteiger partial charge in [-0.3, -0.25) is 9.79 Å². The molecule has 1 fully saturated rings. The van der Waals surface area contributed by atoms with Gasteiger partial charge in [0.1, 0.15) is 0 Å². The van der Waals surface area contributed by atoms with Crippen molar-refractivity contribution >= 4 is 35.8 Å². The molecule has 1 unspecified atom stereocenters. The minimum absolute atomic E-state index is 0. The number of rotatable bonds is 7. The number of likely N-dealkylation sites (tertiary alicyclic amines) is 1. The Kier molecular flexibility index (Phi) is 11.5. The summed E-state index contributed by atoms with van der Waals surface area (Å²) in [6, 6.07) is 8.33. The van der Waals surface area contributed by atoms with Gasteiger partial charge in [-0.25, -0.2) is 0 Å². The predicted octanol–water partition coefficient (Wildman–Crippen LogP) is 4.42. The van der Waals surface area contributed by atoms with Gasteiger partial charge in [-0.2, -0.15) is 0 Å². The number of nitrogens with one attached hydrogen (secondary N) is 2. The van der Waals surface area contributed by atoms with Gasteiger partial charge in [-0.05, 0) is 62.6 Å². The van der Waals surface area contributed by atoms with Crippen molar-refractivity contribution in [2.45, 2.75) is 65.5 Å². The monoisotopic (exact) mass is 500 g/mol. The molecule has 0 aromatic heterocycles. The summed E-state index contributed by atoms with van der Waals surface area (Å²) < 4.78 is 0. The van der Waals surface area contributed by atoms with E-state index in [2.05, 4.69) is 36.4 Å². The molecular weight excluding hydrogens is 463 g/mol. The first-order valence-electron chi connectivity index (χ1n) is 10.3. The van der Waals surface area contributed by atoms with E-state index in [0.717, 1.165) is 55.4 Å². The molecule has 6 heteroatoms. The average molecular weight is 500 g/mol. The van der Waals surface area contributed by atoms with Crippen LogP contribution in [0, 0.1) is 5.92 Å². The SMILES string of the molecule is CN=C(NCc1ccc(C(=O)N2CCCCC2)cc1)NC(C)CCC(C)C.I. The molecule has 0 bridgehead atoms. The number of benzene rings is 1. The molecule has 0 radical (unpaired) electrons. The van der Waals surface area contributed by atoms with Crippen LogP contribution in [-0.2, 0) is 6.54 Å². The summed E-state index contributed by atoms with van der Waals surface area (Å²) in [4.78, 5) is 18.8. The molecule has 2 rings (SSSR count). The van der Waals surface area contributed by atoms with Crippen molar-refractivity contribution < 1.29 is 4.79 Å². The average Bonchev–Trinajstić information content (AvgIpc) is 2.70. The summed E-state index contributed by atoms with van der Waals surface area (Å²) in [6.45, 7) is 9.15. The third-order valence-electron chi connectivity index (χ3n) is 5.09. The Morgan fingerprint density at radius 2 is 1.71 bits per heavy atom. The quantitative estimate of drug-likeness (QED) is 0.331. The lowest BCUT2D eigenvalue weighted by atomic mass is 10.0. The highest BCUT2D eigenvalue weighted by Crippen LogP contribution is 2.14. The fourth-order valence-corrected chi connectivity index (χ4v) is 3.31. The Labute approximate surface area is 187 Å². The fourth-order valence-electron chi connectivity index (χ4n) is 3.31. The Morgan fingerprint density at radius 1 is 1.07 bits per heavy atom. The summed E-state index contributed by atoms with van der Waals surface area (Å²) in [7, 11) is 1.80. The smallest absolute Gasteiger partial charge is 0.253 e. The number of halogens is 1. The summed E-state index contributed by atoms with van der Waals surface area (Å²) in [5.41, 5.74) is 1.92. The van der Waals surface area contributed by atoms with Crippen molar-refractivity contribution in [2.24, 2.45) is 10.9 Å². The largest absolute Gasteiger partial charge is 0.354 e. The van der Waals surface area contributed by atoms with Gasteiger partial charge in [0.05, 0.1) is 0 Å². The molecule has 1 heterocycles. The van der Waals surface area contributed by atoms with Gasteiger partial charge >= 0.3 is 0 Å². The van der Waals surface area contributed by atoms with Crippen LogP contribution in [0.15, 0.2) is 29.3 Å². The first kappa shape index (κ1) is 24.7. The highest BCUT2D eigenvalue weighted by Gasteiger charge is 2.17. The second-order valence-electron chi connectivity index (χ2n) is 7.99. The summed E-state index contributed by atoms with van der Waals surface area (Å²) in [6.07, 6.45) is 5.81. The molecule has 158 valence electrons. The van der Waals surface area contributed by atoms with E-state index in [4.69, 9.17) is 0 Å².